The number of hydrogen-bond acceptors (Lipinski definition) is 4. The molecule has 0 aliphatic carbocycles. The highest BCUT2D eigenvalue weighted by atomic mass is 16.5. The molecule has 0 fully saturated rings. The Bertz CT molecular complexity index is 340. The number of nitrogens with zero attached hydrogens (tertiary/aromatic N) is 4. The van der Waals surface area contributed by atoms with Crippen LogP contribution in [0.15, 0.2) is 0 Å². The van der Waals surface area contributed by atoms with Crippen molar-refractivity contribution >= 4 is 0 Å². The lowest BCUT2D eigenvalue weighted by Gasteiger charge is -2.05. The number of methoxy groups -OCH3 is 1. The van der Waals surface area contributed by atoms with Crippen molar-refractivity contribution in [3.8, 4) is 6.07 Å². The zero-order valence-electron chi connectivity index (χ0n) is 9.23. The Balaban J connectivity index is 2.81. The quantitative estimate of drug-likeness (QED) is 0.698. The highest BCUT2D eigenvalue weighted by Gasteiger charge is 2.10. The number of ether oxygens (including phenoxy) is 1. The molecule has 0 saturated carbocycles. The van der Waals surface area contributed by atoms with E-state index in [1.54, 1.807) is 7.11 Å². The van der Waals surface area contributed by atoms with Crippen molar-refractivity contribution in [3.05, 3.63) is 11.4 Å². The van der Waals surface area contributed by atoms with Crippen LogP contribution in [0.2, 0.25) is 0 Å². The second kappa shape index (κ2) is 6.14. The molecule has 0 spiro atoms. The van der Waals surface area contributed by atoms with Crippen molar-refractivity contribution < 1.29 is 4.74 Å². The molecule has 0 amide bonds. The van der Waals surface area contributed by atoms with Crippen LogP contribution in [0.4, 0.5) is 0 Å². The van der Waals surface area contributed by atoms with E-state index in [0.29, 0.717) is 19.6 Å². The van der Waals surface area contributed by atoms with E-state index in [1.165, 1.54) is 0 Å². The van der Waals surface area contributed by atoms with Crippen LogP contribution in [0, 0.1) is 11.3 Å². The van der Waals surface area contributed by atoms with Crippen molar-refractivity contribution in [1.82, 2.24) is 15.0 Å². The summed E-state index contributed by atoms with van der Waals surface area (Å²) in [5, 5.41) is 16.7. The van der Waals surface area contributed by atoms with Gasteiger partial charge in [0.25, 0.3) is 0 Å². The molecular weight excluding hydrogens is 192 g/mol. The normalized spacial score (nSPS) is 10.2. The molecule has 0 atom stereocenters. The van der Waals surface area contributed by atoms with E-state index in [0.717, 1.165) is 24.2 Å². The van der Waals surface area contributed by atoms with Gasteiger partial charge in [-0.05, 0) is 6.42 Å². The Morgan fingerprint density at radius 3 is 2.93 bits per heavy atom. The molecule has 5 heteroatoms. The van der Waals surface area contributed by atoms with Crippen molar-refractivity contribution in [1.29, 1.82) is 5.26 Å². The summed E-state index contributed by atoms with van der Waals surface area (Å²) in [6.45, 7) is 3.42. The van der Waals surface area contributed by atoms with Gasteiger partial charge in [0.15, 0.2) is 0 Å². The van der Waals surface area contributed by atoms with Crippen LogP contribution in [0.1, 0.15) is 24.7 Å². The summed E-state index contributed by atoms with van der Waals surface area (Å²) in [7, 11) is 1.66. The fraction of sp³-hybridized carbons (Fsp3) is 0.700. The Labute approximate surface area is 89.7 Å². The maximum Gasteiger partial charge on any atom is 0.0999 e. The second-order valence-corrected chi connectivity index (χ2v) is 3.28. The molecule has 0 saturated heterocycles. The largest absolute Gasteiger partial charge is 0.383 e. The molecule has 5 nitrogen and oxygen atoms in total. The lowest BCUT2D eigenvalue weighted by atomic mass is 10.2. The molecule has 1 aromatic rings. The molecule has 0 aliphatic rings. The smallest absolute Gasteiger partial charge is 0.0999 e. The summed E-state index contributed by atoms with van der Waals surface area (Å²) in [6.07, 6.45) is 2.27. The fourth-order valence-corrected chi connectivity index (χ4v) is 1.45. The minimum absolute atomic E-state index is 0.336. The van der Waals surface area contributed by atoms with Crippen molar-refractivity contribution in [2.24, 2.45) is 0 Å². The van der Waals surface area contributed by atoms with Crippen LogP contribution >= 0.6 is 0 Å². The Morgan fingerprint density at radius 2 is 2.33 bits per heavy atom. The van der Waals surface area contributed by atoms with Gasteiger partial charge in [-0.2, -0.15) is 5.26 Å². The minimum Gasteiger partial charge on any atom is -0.383 e. The van der Waals surface area contributed by atoms with Crippen molar-refractivity contribution in [2.45, 2.75) is 32.7 Å². The van der Waals surface area contributed by atoms with E-state index in [1.807, 2.05) is 4.68 Å². The summed E-state index contributed by atoms with van der Waals surface area (Å²) < 4.78 is 6.83. The first-order valence-electron chi connectivity index (χ1n) is 5.10. The number of aromatic nitrogens is 3. The van der Waals surface area contributed by atoms with E-state index in [2.05, 4.69) is 23.3 Å². The first-order valence-corrected chi connectivity index (χ1v) is 5.10. The summed E-state index contributed by atoms with van der Waals surface area (Å²) in [5.74, 6) is 0. The third-order valence-corrected chi connectivity index (χ3v) is 2.16. The minimum atomic E-state index is 0.336. The first kappa shape index (κ1) is 11.7. The topological polar surface area (TPSA) is 63.7 Å². The van der Waals surface area contributed by atoms with Gasteiger partial charge in [0, 0.05) is 7.11 Å². The van der Waals surface area contributed by atoms with E-state index in [4.69, 9.17) is 10.00 Å². The van der Waals surface area contributed by atoms with Crippen LogP contribution < -0.4 is 0 Å². The van der Waals surface area contributed by atoms with Gasteiger partial charge in [0.1, 0.15) is 0 Å². The molecule has 1 rings (SSSR count). The van der Waals surface area contributed by atoms with Crippen LogP contribution in [0.25, 0.3) is 0 Å². The van der Waals surface area contributed by atoms with Crippen LogP contribution in [-0.4, -0.2) is 28.7 Å². The average Bonchev–Trinajstić information content (AvgIpc) is 2.60. The van der Waals surface area contributed by atoms with Crippen molar-refractivity contribution in [2.75, 3.05) is 13.7 Å². The second-order valence-electron chi connectivity index (χ2n) is 3.28. The molecule has 15 heavy (non-hydrogen) atoms. The van der Waals surface area contributed by atoms with Gasteiger partial charge in [-0.1, -0.05) is 18.6 Å². The third kappa shape index (κ3) is 3.03. The summed E-state index contributed by atoms with van der Waals surface area (Å²) >= 11 is 0. The number of hydrogen-bond donors (Lipinski definition) is 0. The van der Waals surface area contributed by atoms with Gasteiger partial charge in [-0.25, -0.2) is 4.68 Å². The molecule has 0 radical (unpaired) electrons. The average molecular weight is 208 g/mol. The SMILES string of the molecule is CCCc1c(CC#N)nnn1CCOC. The standard InChI is InChI=1S/C10H16N4O/c1-3-4-10-9(5-6-11)12-13-14(10)7-8-15-2/h3-5,7-8H2,1-2H3. The number of rotatable bonds is 6. The predicted molar refractivity (Wildman–Crippen MR) is 55.2 cm³/mol. The van der Waals surface area contributed by atoms with Gasteiger partial charge in [-0.3, -0.25) is 0 Å². The van der Waals surface area contributed by atoms with Crippen molar-refractivity contribution in [3.63, 3.8) is 0 Å². The van der Waals surface area contributed by atoms with Gasteiger partial charge in [0.05, 0.1) is 37.0 Å². The zero-order chi connectivity index (χ0) is 11.1. The predicted octanol–water partition coefficient (Wildman–Crippen LogP) is 0.943. The molecule has 1 heterocycles. The molecule has 82 valence electrons. The Kier molecular flexibility index (Phi) is 4.78. The maximum atomic E-state index is 8.65. The lowest BCUT2D eigenvalue weighted by Crippen LogP contribution is -2.10. The maximum absolute atomic E-state index is 8.65. The van der Waals surface area contributed by atoms with E-state index < -0.39 is 0 Å². The molecule has 0 bridgehead atoms. The molecule has 0 aliphatic heterocycles. The molecular formula is C10H16N4O. The van der Waals surface area contributed by atoms with E-state index >= 15 is 0 Å². The van der Waals surface area contributed by atoms with Gasteiger partial charge < -0.3 is 4.74 Å². The molecule has 0 N–H and O–H groups in total. The monoisotopic (exact) mass is 208 g/mol. The molecule has 0 aromatic carbocycles. The number of nitriles is 1. The fourth-order valence-electron chi connectivity index (χ4n) is 1.45. The van der Waals surface area contributed by atoms with E-state index in [9.17, 15) is 0 Å². The van der Waals surface area contributed by atoms with Gasteiger partial charge in [-0.15, -0.1) is 5.10 Å². The van der Waals surface area contributed by atoms with Gasteiger partial charge in [0.2, 0.25) is 0 Å². The lowest BCUT2D eigenvalue weighted by molar-refractivity contribution is 0.181. The summed E-state index contributed by atoms with van der Waals surface area (Å²) in [6, 6.07) is 2.11. The van der Waals surface area contributed by atoms with Gasteiger partial charge >= 0.3 is 0 Å². The third-order valence-electron chi connectivity index (χ3n) is 2.16. The molecule has 1 aromatic heterocycles. The van der Waals surface area contributed by atoms with Crippen LogP contribution in [0.3, 0.4) is 0 Å². The van der Waals surface area contributed by atoms with Crippen LogP contribution in [0.5, 0.6) is 0 Å². The van der Waals surface area contributed by atoms with Crippen LogP contribution in [-0.2, 0) is 24.1 Å². The Hall–Kier alpha value is -1.41. The highest BCUT2D eigenvalue weighted by molar-refractivity contribution is 5.14. The summed E-state index contributed by atoms with van der Waals surface area (Å²) in [5.41, 5.74) is 1.87. The highest BCUT2D eigenvalue weighted by Crippen LogP contribution is 2.08. The Morgan fingerprint density at radius 1 is 1.53 bits per heavy atom. The zero-order valence-corrected chi connectivity index (χ0v) is 9.23. The van der Waals surface area contributed by atoms with E-state index in [-0.39, 0.29) is 0 Å². The molecule has 0 unspecified atom stereocenters. The first-order chi connectivity index (χ1) is 7.33. The summed E-state index contributed by atoms with van der Waals surface area (Å²) in [4.78, 5) is 0.